The minimum absolute atomic E-state index is 0.148. The van der Waals surface area contributed by atoms with Gasteiger partial charge in [0.25, 0.3) is 0 Å². The Labute approximate surface area is 115 Å². The molecule has 0 amide bonds. The van der Waals surface area contributed by atoms with Crippen LogP contribution in [-0.4, -0.2) is 18.2 Å². The Morgan fingerprint density at radius 3 is 2.15 bits per heavy atom. The van der Waals surface area contributed by atoms with Crippen LogP contribution in [0.4, 0.5) is 0 Å². The standard InChI is InChI=1S/C15H12O5/c1-9(17)19-14-7-11(8-16)15(20-10(2)18)13-6-4-3-5-12(13)14/h3-8H,1-2H3. The van der Waals surface area contributed by atoms with Gasteiger partial charge in [-0.25, -0.2) is 0 Å². The SMILES string of the molecule is CC(=O)Oc1cc(C=O)c(OC(C)=O)c2ccccc12. The number of carbonyl (C=O) groups excluding carboxylic acids is 3. The second-order valence-electron chi connectivity index (χ2n) is 4.14. The van der Waals surface area contributed by atoms with Gasteiger partial charge in [0.1, 0.15) is 11.5 Å². The van der Waals surface area contributed by atoms with E-state index in [1.54, 1.807) is 24.3 Å². The second kappa shape index (κ2) is 5.52. The summed E-state index contributed by atoms with van der Waals surface area (Å²) in [6, 6.07) is 8.28. The number of aldehydes is 1. The third kappa shape index (κ3) is 2.66. The normalized spacial score (nSPS) is 10.1. The Kier molecular flexibility index (Phi) is 3.79. The van der Waals surface area contributed by atoms with Crippen LogP contribution in [0.3, 0.4) is 0 Å². The van der Waals surface area contributed by atoms with E-state index < -0.39 is 11.9 Å². The molecule has 0 N–H and O–H groups in total. The number of esters is 2. The first kappa shape index (κ1) is 13.7. The van der Waals surface area contributed by atoms with Gasteiger partial charge in [-0.2, -0.15) is 0 Å². The highest BCUT2D eigenvalue weighted by molar-refractivity contribution is 6.01. The molecule has 5 nitrogen and oxygen atoms in total. The average Bonchev–Trinajstić information content (AvgIpc) is 2.40. The number of rotatable bonds is 3. The van der Waals surface area contributed by atoms with Gasteiger partial charge in [-0.15, -0.1) is 0 Å². The summed E-state index contributed by atoms with van der Waals surface area (Å²) in [6.07, 6.45) is 0.553. The molecule has 2 aromatic carbocycles. The average molecular weight is 272 g/mol. The van der Waals surface area contributed by atoms with E-state index in [4.69, 9.17) is 9.47 Å². The van der Waals surface area contributed by atoms with Crippen LogP contribution in [0.25, 0.3) is 10.8 Å². The summed E-state index contributed by atoms with van der Waals surface area (Å²) in [6.45, 7) is 2.53. The summed E-state index contributed by atoms with van der Waals surface area (Å²) in [5.74, 6) is -0.601. The summed E-state index contributed by atoms with van der Waals surface area (Å²) in [5.41, 5.74) is 0.148. The Bertz CT molecular complexity index is 703. The van der Waals surface area contributed by atoms with Gasteiger partial charge < -0.3 is 9.47 Å². The molecular weight excluding hydrogens is 260 g/mol. The predicted molar refractivity (Wildman–Crippen MR) is 72.0 cm³/mol. The fourth-order valence-corrected chi connectivity index (χ4v) is 1.92. The number of hydrogen-bond donors (Lipinski definition) is 0. The van der Waals surface area contributed by atoms with Gasteiger partial charge in [-0.05, 0) is 6.07 Å². The van der Waals surface area contributed by atoms with Crippen molar-refractivity contribution >= 4 is 29.0 Å². The van der Waals surface area contributed by atoms with Crippen molar-refractivity contribution in [3.05, 3.63) is 35.9 Å². The molecule has 0 spiro atoms. The first-order chi connectivity index (χ1) is 9.52. The lowest BCUT2D eigenvalue weighted by atomic mass is 10.0. The molecule has 102 valence electrons. The Hall–Kier alpha value is -2.69. The number of ether oxygens (including phenoxy) is 2. The number of hydrogen-bond acceptors (Lipinski definition) is 5. The number of benzene rings is 2. The maximum absolute atomic E-state index is 11.2. The largest absolute Gasteiger partial charge is 0.426 e. The molecule has 5 heteroatoms. The molecule has 0 atom stereocenters. The molecule has 0 fully saturated rings. The van der Waals surface area contributed by atoms with E-state index in [0.29, 0.717) is 17.1 Å². The lowest BCUT2D eigenvalue weighted by Gasteiger charge is -2.12. The minimum atomic E-state index is -0.529. The molecule has 0 aliphatic heterocycles. The second-order valence-corrected chi connectivity index (χ2v) is 4.14. The fraction of sp³-hybridized carbons (Fsp3) is 0.133. The summed E-state index contributed by atoms with van der Waals surface area (Å²) < 4.78 is 10.2. The van der Waals surface area contributed by atoms with Crippen LogP contribution >= 0.6 is 0 Å². The maximum Gasteiger partial charge on any atom is 0.308 e. The molecule has 20 heavy (non-hydrogen) atoms. The van der Waals surface area contributed by atoms with Crippen molar-refractivity contribution in [1.82, 2.24) is 0 Å². The first-order valence-electron chi connectivity index (χ1n) is 5.90. The topological polar surface area (TPSA) is 69.7 Å². The smallest absolute Gasteiger partial charge is 0.308 e. The van der Waals surface area contributed by atoms with Crippen molar-refractivity contribution in [3.8, 4) is 11.5 Å². The predicted octanol–water partition coefficient (Wildman–Crippen LogP) is 2.50. The molecule has 0 saturated carbocycles. The minimum Gasteiger partial charge on any atom is -0.426 e. The molecule has 0 aromatic heterocycles. The zero-order valence-corrected chi connectivity index (χ0v) is 11.0. The van der Waals surface area contributed by atoms with Gasteiger partial charge in [-0.1, -0.05) is 24.3 Å². The van der Waals surface area contributed by atoms with Crippen LogP contribution in [0.15, 0.2) is 30.3 Å². The monoisotopic (exact) mass is 272 g/mol. The zero-order chi connectivity index (χ0) is 14.7. The van der Waals surface area contributed by atoms with E-state index in [1.165, 1.54) is 19.9 Å². The van der Waals surface area contributed by atoms with Crippen LogP contribution < -0.4 is 9.47 Å². The Morgan fingerprint density at radius 2 is 1.60 bits per heavy atom. The third-order valence-electron chi connectivity index (χ3n) is 2.61. The van der Waals surface area contributed by atoms with E-state index in [2.05, 4.69) is 0 Å². The Balaban J connectivity index is 2.76. The molecule has 2 aromatic rings. The molecule has 0 bridgehead atoms. The quantitative estimate of drug-likeness (QED) is 0.488. The van der Waals surface area contributed by atoms with Gasteiger partial charge in [-0.3, -0.25) is 14.4 Å². The molecule has 0 radical (unpaired) electrons. The highest BCUT2D eigenvalue weighted by Gasteiger charge is 2.16. The van der Waals surface area contributed by atoms with Crippen molar-refractivity contribution in [3.63, 3.8) is 0 Å². The van der Waals surface area contributed by atoms with E-state index in [1.807, 2.05) is 0 Å². The van der Waals surface area contributed by atoms with Crippen molar-refractivity contribution < 1.29 is 23.9 Å². The maximum atomic E-state index is 11.2. The third-order valence-corrected chi connectivity index (χ3v) is 2.61. The highest BCUT2D eigenvalue weighted by Crippen LogP contribution is 2.36. The molecular formula is C15H12O5. The van der Waals surface area contributed by atoms with Gasteiger partial charge >= 0.3 is 11.9 Å². The molecule has 0 heterocycles. The van der Waals surface area contributed by atoms with Crippen molar-refractivity contribution in [2.75, 3.05) is 0 Å². The van der Waals surface area contributed by atoms with Crippen LogP contribution in [0, 0.1) is 0 Å². The van der Waals surface area contributed by atoms with E-state index >= 15 is 0 Å². The molecule has 2 rings (SSSR count). The van der Waals surface area contributed by atoms with E-state index in [0.717, 1.165) is 0 Å². The number of carbonyl (C=O) groups is 3. The van der Waals surface area contributed by atoms with Crippen LogP contribution in [-0.2, 0) is 9.59 Å². The summed E-state index contributed by atoms with van der Waals surface area (Å²) >= 11 is 0. The van der Waals surface area contributed by atoms with Crippen LogP contribution in [0.2, 0.25) is 0 Å². The van der Waals surface area contributed by atoms with Gasteiger partial charge in [0.05, 0.1) is 5.56 Å². The van der Waals surface area contributed by atoms with E-state index in [9.17, 15) is 14.4 Å². The highest BCUT2D eigenvalue weighted by atomic mass is 16.5. The van der Waals surface area contributed by atoms with Crippen LogP contribution in [0.5, 0.6) is 11.5 Å². The van der Waals surface area contributed by atoms with Crippen LogP contribution in [0.1, 0.15) is 24.2 Å². The fourth-order valence-electron chi connectivity index (χ4n) is 1.92. The van der Waals surface area contributed by atoms with Gasteiger partial charge in [0.2, 0.25) is 0 Å². The Morgan fingerprint density at radius 1 is 1.00 bits per heavy atom. The number of fused-ring (bicyclic) bond motifs is 1. The summed E-state index contributed by atoms with van der Waals surface area (Å²) in [5, 5.41) is 1.12. The molecule has 0 saturated heterocycles. The zero-order valence-electron chi connectivity index (χ0n) is 11.0. The summed E-state index contributed by atoms with van der Waals surface area (Å²) in [7, 11) is 0. The van der Waals surface area contributed by atoms with Crippen molar-refractivity contribution in [1.29, 1.82) is 0 Å². The van der Waals surface area contributed by atoms with E-state index in [-0.39, 0.29) is 17.1 Å². The lowest BCUT2D eigenvalue weighted by molar-refractivity contribution is -0.132. The summed E-state index contributed by atoms with van der Waals surface area (Å²) in [4.78, 5) is 33.4. The molecule has 0 unspecified atom stereocenters. The lowest BCUT2D eigenvalue weighted by Crippen LogP contribution is -2.07. The molecule has 0 aliphatic carbocycles. The van der Waals surface area contributed by atoms with Crippen molar-refractivity contribution in [2.45, 2.75) is 13.8 Å². The van der Waals surface area contributed by atoms with Crippen molar-refractivity contribution in [2.24, 2.45) is 0 Å². The first-order valence-corrected chi connectivity index (χ1v) is 5.90. The van der Waals surface area contributed by atoms with Gasteiger partial charge in [0.15, 0.2) is 6.29 Å². The van der Waals surface area contributed by atoms with Gasteiger partial charge in [0, 0.05) is 24.6 Å². The molecule has 0 aliphatic rings.